The van der Waals surface area contributed by atoms with E-state index in [0.29, 0.717) is 10.0 Å². The molecule has 1 atom stereocenters. The lowest BCUT2D eigenvalue weighted by molar-refractivity contribution is 0.678. The van der Waals surface area contributed by atoms with Crippen LogP contribution in [0.3, 0.4) is 0 Å². The number of halogens is 1. The van der Waals surface area contributed by atoms with Crippen LogP contribution in [0.1, 0.15) is 0 Å². The topological polar surface area (TPSA) is 53.8 Å². The molecule has 0 saturated carbocycles. The second-order valence-corrected chi connectivity index (χ2v) is 4.71. The number of pyridine rings is 1. The molecule has 0 saturated heterocycles. The highest BCUT2D eigenvalue weighted by atomic mass is 35.5. The zero-order chi connectivity index (χ0) is 8.48. The van der Waals surface area contributed by atoms with Gasteiger partial charge in [0.05, 0.1) is 14.6 Å². The molecule has 1 N–H and O–H groups in total. The molecule has 0 aliphatic carbocycles. The molecule has 0 aromatic carbocycles. The third-order valence-electron chi connectivity index (χ3n) is 1.15. The Labute approximate surface area is 70.4 Å². The molecule has 0 spiro atoms. The Balaban J connectivity index is 3.20. The van der Waals surface area contributed by atoms with E-state index in [1.54, 1.807) is 6.07 Å². The Morgan fingerprint density at radius 1 is 1.64 bits per heavy atom. The minimum Gasteiger partial charge on any atom is -0.249 e. The van der Waals surface area contributed by atoms with E-state index < -0.39 is 9.73 Å². The molecule has 0 amide bonds. The molecule has 5 heteroatoms. The third-order valence-corrected chi connectivity index (χ3v) is 2.51. The summed E-state index contributed by atoms with van der Waals surface area (Å²) in [6, 6.07) is 3.07. The summed E-state index contributed by atoms with van der Waals surface area (Å²) in [7, 11) is -2.64. The standard InChI is InChI=1S/C6H7ClN2OS/c1-11(8,10)5-2-3-6(7)9-4-5/h2-4,8H,1H3/t11-/m1/s1. The fraction of sp³-hybridized carbons (Fsp3) is 0.167. The molecular formula is C6H7ClN2OS. The minimum atomic E-state index is -2.64. The number of rotatable bonds is 1. The van der Waals surface area contributed by atoms with Crippen LogP contribution in [-0.2, 0) is 9.73 Å². The highest BCUT2D eigenvalue weighted by molar-refractivity contribution is 7.91. The van der Waals surface area contributed by atoms with Crippen molar-refractivity contribution in [1.82, 2.24) is 4.98 Å². The molecule has 0 bridgehead atoms. The van der Waals surface area contributed by atoms with Gasteiger partial charge in [-0.2, -0.15) is 0 Å². The van der Waals surface area contributed by atoms with E-state index in [-0.39, 0.29) is 0 Å². The van der Waals surface area contributed by atoms with Gasteiger partial charge in [-0.1, -0.05) is 11.6 Å². The molecule has 1 aromatic rings. The Kier molecular flexibility index (Phi) is 2.15. The first-order valence-electron chi connectivity index (χ1n) is 2.85. The fourth-order valence-electron chi connectivity index (χ4n) is 0.593. The Bertz CT molecular complexity index is 343. The molecule has 0 aliphatic rings. The van der Waals surface area contributed by atoms with Crippen molar-refractivity contribution in [3.05, 3.63) is 23.5 Å². The molecule has 0 radical (unpaired) electrons. The van der Waals surface area contributed by atoms with Crippen molar-refractivity contribution >= 4 is 21.3 Å². The molecular weight excluding hydrogens is 184 g/mol. The van der Waals surface area contributed by atoms with E-state index in [0.717, 1.165) is 0 Å². The van der Waals surface area contributed by atoms with Crippen LogP contribution in [-0.4, -0.2) is 15.4 Å². The van der Waals surface area contributed by atoms with Gasteiger partial charge in [0.25, 0.3) is 0 Å². The van der Waals surface area contributed by atoms with Crippen LogP contribution in [0, 0.1) is 4.78 Å². The molecule has 1 aromatic heterocycles. The van der Waals surface area contributed by atoms with Crippen LogP contribution < -0.4 is 0 Å². The summed E-state index contributed by atoms with van der Waals surface area (Å²) in [6.45, 7) is 0. The average Bonchev–Trinajstić information content (AvgIpc) is 1.86. The normalized spacial score (nSPS) is 15.8. The van der Waals surface area contributed by atoms with Gasteiger partial charge in [0.2, 0.25) is 0 Å². The second-order valence-electron chi connectivity index (χ2n) is 2.16. The van der Waals surface area contributed by atoms with Gasteiger partial charge in [-0.3, -0.25) is 0 Å². The zero-order valence-electron chi connectivity index (χ0n) is 5.87. The summed E-state index contributed by atoms with van der Waals surface area (Å²) in [6.07, 6.45) is 2.70. The van der Waals surface area contributed by atoms with E-state index in [4.69, 9.17) is 16.4 Å². The minimum absolute atomic E-state index is 0.345. The van der Waals surface area contributed by atoms with Crippen LogP contribution >= 0.6 is 11.6 Å². The summed E-state index contributed by atoms with van der Waals surface area (Å²) < 4.78 is 18.3. The lowest BCUT2D eigenvalue weighted by Gasteiger charge is -1.98. The molecule has 1 heterocycles. The first-order chi connectivity index (χ1) is 5.00. The van der Waals surface area contributed by atoms with Gasteiger partial charge >= 0.3 is 0 Å². The molecule has 3 nitrogen and oxygen atoms in total. The monoisotopic (exact) mass is 190 g/mol. The van der Waals surface area contributed by atoms with Crippen molar-refractivity contribution in [2.75, 3.05) is 6.26 Å². The third kappa shape index (κ3) is 2.17. The van der Waals surface area contributed by atoms with Crippen molar-refractivity contribution < 1.29 is 4.21 Å². The average molecular weight is 191 g/mol. The second kappa shape index (κ2) is 2.79. The lowest BCUT2D eigenvalue weighted by Crippen LogP contribution is -1.94. The largest absolute Gasteiger partial charge is 0.249 e. The summed E-state index contributed by atoms with van der Waals surface area (Å²) in [5.74, 6) is 0. The van der Waals surface area contributed by atoms with Crippen LogP contribution in [0.4, 0.5) is 0 Å². The van der Waals surface area contributed by atoms with Crippen molar-refractivity contribution in [2.45, 2.75) is 4.90 Å². The first-order valence-corrected chi connectivity index (χ1v) is 5.20. The van der Waals surface area contributed by atoms with Crippen LogP contribution in [0.5, 0.6) is 0 Å². The molecule has 1 rings (SSSR count). The maximum absolute atomic E-state index is 11.1. The maximum Gasteiger partial charge on any atom is 0.129 e. The number of nitrogens with zero attached hydrogens (tertiary/aromatic N) is 1. The molecule has 0 unspecified atom stereocenters. The van der Waals surface area contributed by atoms with E-state index in [1.165, 1.54) is 18.5 Å². The fourth-order valence-corrected chi connectivity index (χ4v) is 1.29. The van der Waals surface area contributed by atoms with Crippen LogP contribution in [0.2, 0.25) is 5.15 Å². The molecule has 60 valence electrons. The van der Waals surface area contributed by atoms with Crippen molar-refractivity contribution in [3.63, 3.8) is 0 Å². The number of nitrogens with one attached hydrogen (secondary N) is 1. The maximum atomic E-state index is 11.1. The Morgan fingerprint density at radius 2 is 2.27 bits per heavy atom. The van der Waals surface area contributed by atoms with E-state index in [1.807, 2.05) is 0 Å². The molecule has 0 fully saturated rings. The predicted molar refractivity (Wildman–Crippen MR) is 44.3 cm³/mol. The predicted octanol–water partition coefficient (Wildman–Crippen LogP) is 1.77. The smallest absolute Gasteiger partial charge is 0.129 e. The highest BCUT2D eigenvalue weighted by Gasteiger charge is 2.01. The first kappa shape index (κ1) is 8.49. The number of hydrogen-bond donors (Lipinski definition) is 1. The van der Waals surface area contributed by atoms with E-state index >= 15 is 0 Å². The van der Waals surface area contributed by atoms with Gasteiger partial charge in [-0.05, 0) is 12.1 Å². The number of aromatic nitrogens is 1. The van der Waals surface area contributed by atoms with Crippen LogP contribution in [0.15, 0.2) is 23.2 Å². The van der Waals surface area contributed by atoms with E-state index in [9.17, 15) is 4.21 Å². The molecule has 11 heavy (non-hydrogen) atoms. The van der Waals surface area contributed by atoms with E-state index in [2.05, 4.69) is 4.98 Å². The van der Waals surface area contributed by atoms with Gasteiger partial charge in [-0.15, -0.1) is 0 Å². The van der Waals surface area contributed by atoms with Crippen LogP contribution in [0.25, 0.3) is 0 Å². The van der Waals surface area contributed by atoms with Crippen molar-refractivity contribution in [2.24, 2.45) is 0 Å². The number of hydrogen-bond acceptors (Lipinski definition) is 3. The summed E-state index contributed by atoms with van der Waals surface area (Å²) in [5, 5.41) is 0.345. The van der Waals surface area contributed by atoms with Gasteiger partial charge in [0.15, 0.2) is 0 Å². The highest BCUT2D eigenvalue weighted by Crippen LogP contribution is 2.10. The van der Waals surface area contributed by atoms with Gasteiger partial charge in [0.1, 0.15) is 5.15 Å². The lowest BCUT2D eigenvalue weighted by atomic mass is 10.5. The summed E-state index contributed by atoms with van der Waals surface area (Å²) in [5.41, 5.74) is 0. The van der Waals surface area contributed by atoms with Gasteiger partial charge < -0.3 is 0 Å². The quantitative estimate of drug-likeness (QED) is 0.687. The Morgan fingerprint density at radius 3 is 2.64 bits per heavy atom. The van der Waals surface area contributed by atoms with Crippen molar-refractivity contribution in [1.29, 1.82) is 4.78 Å². The summed E-state index contributed by atoms with van der Waals surface area (Å²) in [4.78, 5) is 4.12. The van der Waals surface area contributed by atoms with Gasteiger partial charge in [-0.25, -0.2) is 14.0 Å². The van der Waals surface area contributed by atoms with Gasteiger partial charge in [0, 0.05) is 12.5 Å². The Hall–Kier alpha value is -0.610. The SMILES string of the molecule is C[S@@](=N)(=O)c1ccc(Cl)nc1. The molecule has 0 aliphatic heterocycles. The summed E-state index contributed by atoms with van der Waals surface area (Å²) >= 11 is 5.50. The van der Waals surface area contributed by atoms with Crippen molar-refractivity contribution in [3.8, 4) is 0 Å². The zero-order valence-corrected chi connectivity index (χ0v) is 7.45.